The molecule has 0 bridgehead atoms. The molecule has 1 fully saturated rings. The normalized spacial score (nSPS) is 17.2. The molecule has 1 atom stereocenters. The fourth-order valence-corrected chi connectivity index (χ4v) is 3.95. The summed E-state index contributed by atoms with van der Waals surface area (Å²) in [6.45, 7) is 4.20. The van der Waals surface area contributed by atoms with Gasteiger partial charge in [0.2, 0.25) is 0 Å². The minimum atomic E-state index is 0.0170. The molecule has 0 radical (unpaired) electrons. The van der Waals surface area contributed by atoms with Crippen molar-refractivity contribution < 1.29 is 9.47 Å². The van der Waals surface area contributed by atoms with Gasteiger partial charge in [-0.3, -0.25) is 9.58 Å². The predicted molar refractivity (Wildman–Crippen MR) is 119 cm³/mol. The highest BCUT2D eigenvalue weighted by molar-refractivity contribution is 6.30. The molecular formula is C24H28ClN3O2. The maximum atomic E-state index is 6.04. The number of aryl methyl sites for hydroxylation is 1. The molecule has 30 heavy (non-hydrogen) atoms. The zero-order valence-electron chi connectivity index (χ0n) is 17.3. The molecule has 4 rings (SSSR count). The number of hydrogen-bond acceptors (Lipinski definition) is 4. The minimum Gasteiger partial charge on any atom is -0.493 e. The first-order valence-electron chi connectivity index (χ1n) is 10.5. The number of nitrogens with zero attached hydrogens (tertiary/aromatic N) is 3. The molecule has 0 spiro atoms. The van der Waals surface area contributed by atoms with Crippen molar-refractivity contribution in [1.82, 2.24) is 14.7 Å². The van der Waals surface area contributed by atoms with E-state index in [1.807, 2.05) is 36.0 Å². The summed E-state index contributed by atoms with van der Waals surface area (Å²) in [4.78, 5) is 2.47. The number of aromatic nitrogens is 2. The molecule has 0 N–H and O–H groups in total. The number of morpholine rings is 1. The molecule has 5 nitrogen and oxygen atoms in total. The third kappa shape index (κ3) is 5.63. The standard InChI is InChI=1S/C24H28ClN3O2/c1-27-21(11-14-29-22-9-5-8-20(25)16-22)17-23(26-27)24-18-28(13-15-30-24)12-10-19-6-3-2-4-7-19/h2-9,16-17,24H,10-15,18H2,1H3/t24-/m0/s1. The second-order valence-corrected chi connectivity index (χ2v) is 8.07. The lowest BCUT2D eigenvalue weighted by Gasteiger charge is -2.32. The summed E-state index contributed by atoms with van der Waals surface area (Å²) in [6.07, 6.45) is 1.85. The van der Waals surface area contributed by atoms with Crippen molar-refractivity contribution in [3.8, 4) is 5.75 Å². The van der Waals surface area contributed by atoms with Crippen LogP contribution in [-0.4, -0.2) is 47.5 Å². The van der Waals surface area contributed by atoms with Crippen LogP contribution in [0.5, 0.6) is 5.75 Å². The van der Waals surface area contributed by atoms with Gasteiger partial charge in [0.15, 0.2) is 0 Å². The summed E-state index contributed by atoms with van der Waals surface area (Å²) in [5.41, 5.74) is 3.51. The Balaban J connectivity index is 1.30. The van der Waals surface area contributed by atoms with Gasteiger partial charge < -0.3 is 9.47 Å². The number of hydrogen-bond donors (Lipinski definition) is 0. The lowest BCUT2D eigenvalue weighted by Crippen LogP contribution is -2.39. The van der Waals surface area contributed by atoms with Crippen molar-refractivity contribution in [1.29, 1.82) is 0 Å². The molecule has 2 aromatic carbocycles. The first-order chi connectivity index (χ1) is 14.7. The Morgan fingerprint density at radius 3 is 2.80 bits per heavy atom. The Kier molecular flexibility index (Phi) is 7.05. The molecule has 0 aliphatic carbocycles. The maximum absolute atomic E-state index is 6.04. The van der Waals surface area contributed by atoms with E-state index in [4.69, 9.17) is 26.2 Å². The fraction of sp³-hybridized carbons (Fsp3) is 0.375. The van der Waals surface area contributed by atoms with Gasteiger partial charge in [0.25, 0.3) is 0 Å². The maximum Gasteiger partial charge on any atom is 0.120 e. The topological polar surface area (TPSA) is 39.5 Å². The van der Waals surface area contributed by atoms with E-state index in [2.05, 4.69) is 41.3 Å². The van der Waals surface area contributed by atoms with Crippen molar-refractivity contribution in [3.63, 3.8) is 0 Å². The average molecular weight is 426 g/mol. The summed E-state index contributed by atoms with van der Waals surface area (Å²) in [7, 11) is 1.98. The SMILES string of the molecule is Cn1nc([C@@H]2CN(CCc3ccccc3)CCO2)cc1CCOc1cccc(Cl)c1. The van der Waals surface area contributed by atoms with Gasteiger partial charge in [-0.25, -0.2) is 0 Å². The van der Waals surface area contributed by atoms with Gasteiger partial charge in [-0.05, 0) is 36.2 Å². The van der Waals surface area contributed by atoms with Crippen LogP contribution in [0.3, 0.4) is 0 Å². The first kappa shape index (κ1) is 20.9. The van der Waals surface area contributed by atoms with Gasteiger partial charge in [-0.15, -0.1) is 0 Å². The molecular weight excluding hydrogens is 398 g/mol. The monoisotopic (exact) mass is 425 g/mol. The van der Waals surface area contributed by atoms with E-state index in [9.17, 15) is 0 Å². The van der Waals surface area contributed by atoms with Crippen LogP contribution < -0.4 is 4.74 Å². The molecule has 0 amide bonds. The second kappa shape index (κ2) is 10.1. The van der Waals surface area contributed by atoms with Crippen LogP contribution in [0, 0.1) is 0 Å². The van der Waals surface area contributed by atoms with Crippen molar-refractivity contribution in [2.75, 3.05) is 32.8 Å². The van der Waals surface area contributed by atoms with Gasteiger partial charge in [-0.2, -0.15) is 5.10 Å². The summed E-state index contributed by atoms with van der Waals surface area (Å²) < 4.78 is 13.8. The molecule has 1 aliphatic heterocycles. The van der Waals surface area contributed by atoms with Gasteiger partial charge >= 0.3 is 0 Å². The summed E-state index contributed by atoms with van der Waals surface area (Å²) in [6, 6.07) is 20.3. The highest BCUT2D eigenvalue weighted by atomic mass is 35.5. The summed E-state index contributed by atoms with van der Waals surface area (Å²) >= 11 is 6.01. The van der Waals surface area contributed by atoms with E-state index in [0.29, 0.717) is 11.6 Å². The molecule has 1 aliphatic rings. The Hall–Kier alpha value is -2.34. The minimum absolute atomic E-state index is 0.0170. The van der Waals surface area contributed by atoms with Crippen LogP contribution in [0.25, 0.3) is 0 Å². The Bertz CT molecular complexity index is 945. The van der Waals surface area contributed by atoms with Crippen LogP contribution in [0.15, 0.2) is 60.7 Å². The van der Waals surface area contributed by atoms with Crippen LogP contribution in [0.1, 0.15) is 23.1 Å². The molecule has 6 heteroatoms. The third-order valence-corrected chi connectivity index (χ3v) is 5.69. The van der Waals surface area contributed by atoms with Crippen molar-refractivity contribution in [2.24, 2.45) is 7.05 Å². The number of benzene rings is 2. The van der Waals surface area contributed by atoms with Gasteiger partial charge in [-0.1, -0.05) is 48.0 Å². The van der Waals surface area contributed by atoms with Gasteiger partial charge in [0, 0.05) is 43.8 Å². The molecule has 158 valence electrons. The third-order valence-electron chi connectivity index (χ3n) is 5.46. The highest BCUT2D eigenvalue weighted by Gasteiger charge is 2.24. The van der Waals surface area contributed by atoms with Crippen molar-refractivity contribution in [2.45, 2.75) is 18.9 Å². The average Bonchev–Trinajstić information content (AvgIpc) is 3.14. The number of rotatable bonds is 8. The zero-order chi connectivity index (χ0) is 20.8. The van der Waals surface area contributed by atoms with Gasteiger partial charge in [0.05, 0.1) is 18.9 Å². The Labute approximate surface area is 183 Å². The van der Waals surface area contributed by atoms with E-state index in [0.717, 1.165) is 56.2 Å². The van der Waals surface area contributed by atoms with E-state index >= 15 is 0 Å². The van der Waals surface area contributed by atoms with Crippen molar-refractivity contribution in [3.05, 3.63) is 82.6 Å². The molecule has 3 aromatic rings. The fourth-order valence-electron chi connectivity index (χ4n) is 3.77. The number of halogens is 1. The lowest BCUT2D eigenvalue weighted by atomic mass is 10.1. The molecule has 1 saturated heterocycles. The van der Waals surface area contributed by atoms with E-state index in [1.54, 1.807) is 0 Å². The predicted octanol–water partition coefficient (Wildman–Crippen LogP) is 4.31. The van der Waals surface area contributed by atoms with Crippen LogP contribution in [-0.2, 0) is 24.6 Å². The number of ether oxygens (including phenoxy) is 2. The highest BCUT2D eigenvalue weighted by Crippen LogP contribution is 2.23. The molecule has 1 aromatic heterocycles. The van der Waals surface area contributed by atoms with E-state index < -0.39 is 0 Å². The summed E-state index contributed by atoms with van der Waals surface area (Å²) in [5.74, 6) is 0.787. The smallest absolute Gasteiger partial charge is 0.120 e. The molecule has 0 saturated carbocycles. The quantitative estimate of drug-likeness (QED) is 0.539. The first-order valence-corrected chi connectivity index (χ1v) is 10.8. The molecule has 2 heterocycles. The van der Waals surface area contributed by atoms with Crippen LogP contribution in [0.4, 0.5) is 0 Å². The molecule has 0 unspecified atom stereocenters. The lowest BCUT2D eigenvalue weighted by molar-refractivity contribution is -0.0318. The van der Waals surface area contributed by atoms with E-state index in [1.165, 1.54) is 5.56 Å². The second-order valence-electron chi connectivity index (χ2n) is 7.64. The Morgan fingerprint density at radius 1 is 1.10 bits per heavy atom. The zero-order valence-corrected chi connectivity index (χ0v) is 18.1. The van der Waals surface area contributed by atoms with E-state index in [-0.39, 0.29) is 6.10 Å². The van der Waals surface area contributed by atoms with Crippen LogP contribution >= 0.6 is 11.6 Å². The summed E-state index contributed by atoms with van der Waals surface area (Å²) in [5, 5.41) is 5.40. The van der Waals surface area contributed by atoms with Gasteiger partial charge in [0.1, 0.15) is 11.9 Å². The van der Waals surface area contributed by atoms with Crippen molar-refractivity contribution >= 4 is 11.6 Å². The largest absolute Gasteiger partial charge is 0.493 e. The Morgan fingerprint density at radius 2 is 1.97 bits per heavy atom. The van der Waals surface area contributed by atoms with Crippen LogP contribution in [0.2, 0.25) is 5.02 Å².